The Morgan fingerprint density at radius 1 is 1.24 bits per heavy atom. The molecule has 1 aromatic rings. The third-order valence-electron chi connectivity index (χ3n) is 3.72. The molecular formula is C16H25N3O2. The van der Waals surface area contributed by atoms with Crippen LogP contribution in [0.25, 0.3) is 0 Å². The van der Waals surface area contributed by atoms with Crippen molar-refractivity contribution in [3.8, 4) is 0 Å². The Labute approximate surface area is 126 Å². The topological polar surface area (TPSA) is 45.7 Å². The predicted molar refractivity (Wildman–Crippen MR) is 82.1 cm³/mol. The quantitative estimate of drug-likeness (QED) is 0.772. The SMILES string of the molecule is COC(=O)c1ccc(CN2CCN(CC(C)C)CC2)nc1. The normalized spacial score (nSPS) is 17.1. The van der Waals surface area contributed by atoms with E-state index in [4.69, 9.17) is 0 Å². The smallest absolute Gasteiger partial charge is 0.339 e. The van der Waals surface area contributed by atoms with Gasteiger partial charge in [0.25, 0.3) is 0 Å². The molecule has 0 aliphatic carbocycles. The molecule has 2 heterocycles. The fraction of sp³-hybridized carbons (Fsp3) is 0.625. The van der Waals surface area contributed by atoms with Gasteiger partial charge in [-0.3, -0.25) is 9.88 Å². The first-order valence-electron chi connectivity index (χ1n) is 7.56. The lowest BCUT2D eigenvalue weighted by molar-refractivity contribution is 0.0600. The van der Waals surface area contributed by atoms with Crippen LogP contribution in [0.1, 0.15) is 29.9 Å². The van der Waals surface area contributed by atoms with Crippen molar-refractivity contribution in [2.24, 2.45) is 5.92 Å². The van der Waals surface area contributed by atoms with E-state index in [0.717, 1.165) is 44.3 Å². The van der Waals surface area contributed by atoms with Crippen molar-refractivity contribution in [1.82, 2.24) is 14.8 Å². The summed E-state index contributed by atoms with van der Waals surface area (Å²) in [5.41, 5.74) is 1.50. The van der Waals surface area contributed by atoms with Gasteiger partial charge in [-0.25, -0.2) is 4.79 Å². The van der Waals surface area contributed by atoms with Crippen molar-refractivity contribution in [2.75, 3.05) is 39.8 Å². The zero-order chi connectivity index (χ0) is 15.2. The third-order valence-corrected chi connectivity index (χ3v) is 3.72. The number of aromatic nitrogens is 1. The van der Waals surface area contributed by atoms with Crippen LogP contribution in [0.3, 0.4) is 0 Å². The van der Waals surface area contributed by atoms with Crippen molar-refractivity contribution in [3.63, 3.8) is 0 Å². The second-order valence-corrected chi connectivity index (χ2v) is 6.00. The van der Waals surface area contributed by atoms with Gasteiger partial charge in [0, 0.05) is 45.5 Å². The van der Waals surface area contributed by atoms with E-state index in [1.807, 2.05) is 6.07 Å². The minimum absolute atomic E-state index is 0.337. The third kappa shape index (κ3) is 4.79. The largest absolute Gasteiger partial charge is 0.465 e. The van der Waals surface area contributed by atoms with Crippen LogP contribution in [0.15, 0.2) is 18.3 Å². The first-order chi connectivity index (χ1) is 10.1. The summed E-state index contributed by atoms with van der Waals surface area (Å²) in [6, 6.07) is 3.69. The van der Waals surface area contributed by atoms with Crippen LogP contribution in [0.2, 0.25) is 0 Å². The summed E-state index contributed by atoms with van der Waals surface area (Å²) in [7, 11) is 1.38. The highest BCUT2D eigenvalue weighted by Crippen LogP contribution is 2.09. The van der Waals surface area contributed by atoms with Crippen LogP contribution >= 0.6 is 0 Å². The molecule has 0 aromatic carbocycles. The number of pyridine rings is 1. The molecule has 5 nitrogen and oxygen atoms in total. The van der Waals surface area contributed by atoms with Crippen LogP contribution in [0, 0.1) is 5.92 Å². The van der Waals surface area contributed by atoms with E-state index in [1.54, 1.807) is 12.3 Å². The number of ether oxygens (including phenoxy) is 1. The first-order valence-corrected chi connectivity index (χ1v) is 7.56. The van der Waals surface area contributed by atoms with E-state index in [-0.39, 0.29) is 5.97 Å². The lowest BCUT2D eigenvalue weighted by Crippen LogP contribution is -2.46. The molecule has 1 aliphatic rings. The number of methoxy groups -OCH3 is 1. The Bertz CT molecular complexity index is 451. The van der Waals surface area contributed by atoms with Gasteiger partial charge in [0.2, 0.25) is 0 Å². The highest BCUT2D eigenvalue weighted by Gasteiger charge is 2.18. The molecule has 116 valence electrons. The molecule has 0 saturated carbocycles. The number of hydrogen-bond acceptors (Lipinski definition) is 5. The van der Waals surface area contributed by atoms with E-state index < -0.39 is 0 Å². The summed E-state index contributed by atoms with van der Waals surface area (Å²) in [6.07, 6.45) is 1.59. The maximum Gasteiger partial charge on any atom is 0.339 e. The Morgan fingerprint density at radius 3 is 2.43 bits per heavy atom. The number of carbonyl (C=O) groups is 1. The molecule has 1 fully saturated rings. The van der Waals surface area contributed by atoms with Gasteiger partial charge in [-0.1, -0.05) is 13.8 Å². The van der Waals surface area contributed by atoms with Gasteiger partial charge in [-0.2, -0.15) is 0 Å². The van der Waals surface area contributed by atoms with Crippen molar-refractivity contribution in [3.05, 3.63) is 29.6 Å². The van der Waals surface area contributed by atoms with Gasteiger partial charge in [-0.05, 0) is 18.1 Å². The van der Waals surface area contributed by atoms with Crippen molar-refractivity contribution < 1.29 is 9.53 Å². The molecule has 21 heavy (non-hydrogen) atoms. The standard InChI is InChI=1S/C16H25N3O2/c1-13(2)11-18-6-8-19(9-7-18)12-15-5-4-14(10-17-15)16(20)21-3/h4-5,10,13H,6-9,11-12H2,1-3H3. The monoisotopic (exact) mass is 291 g/mol. The van der Waals surface area contributed by atoms with E-state index in [0.29, 0.717) is 5.56 Å². The van der Waals surface area contributed by atoms with E-state index in [9.17, 15) is 4.79 Å². The lowest BCUT2D eigenvalue weighted by Gasteiger charge is -2.35. The second-order valence-electron chi connectivity index (χ2n) is 6.00. The van der Waals surface area contributed by atoms with Crippen LogP contribution < -0.4 is 0 Å². The van der Waals surface area contributed by atoms with Gasteiger partial charge in [-0.15, -0.1) is 0 Å². The number of esters is 1. The lowest BCUT2D eigenvalue weighted by atomic mass is 10.2. The van der Waals surface area contributed by atoms with Gasteiger partial charge < -0.3 is 9.64 Å². The van der Waals surface area contributed by atoms with Gasteiger partial charge in [0.15, 0.2) is 0 Å². The zero-order valence-corrected chi connectivity index (χ0v) is 13.2. The van der Waals surface area contributed by atoms with Crippen LogP contribution in [-0.4, -0.2) is 60.6 Å². The molecule has 0 amide bonds. The number of carbonyl (C=O) groups excluding carboxylic acids is 1. The number of rotatable bonds is 5. The molecule has 0 radical (unpaired) electrons. The molecule has 0 N–H and O–H groups in total. The van der Waals surface area contributed by atoms with E-state index >= 15 is 0 Å². The fourth-order valence-electron chi connectivity index (χ4n) is 2.63. The summed E-state index contributed by atoms with van der Waals surface area (Å²) in [6.45, 7) is 11.0. The van der Waals surface area contributed by atoms with Crippen molar-refractivity contribution >= 4 is 5.97 Å². The van der Waals surface area contributed by atoms with E-state index in [1.165, 1.54) is 13.7 Å². The Morgan fingerprint density at radius 2 is 1.90 bits per heavy atom. The number of piperazine rings is 1. The second kappa shape index (κ2) is 7.52. The molecule has 0 unspecified atom stereocenters. The Balaban J connectivity index is 1.82. The molecule has 0 atom stereocenters. The molecule has 1 aliphatic heterocycles. The highest BCUT2D eigenvalue weighted by molar-refractivity contribution is 5.88. The maximum atomic E-state index is 11.4. The molecular weight excluding hydrogens is 266 g/mol. The summed E-state index contributed by atoms with van der Waals surface area (Å²) in [4.78, 5) is 20.7. The highest BCUT2D eigenvalue weighted by atomic mass is 16.5. The average Bonchev–Trinajstić information content (AvgIpc) is 2.49. The van der Waals surface area contributed by atoms with E-state index in [2.05, 4.69) is 33.4 Å². The average molecular weight is 291 g/mol. The van der Waals surface area contributed by atoms with Gasteiger partial charge in [0.1, 0.15) is 0 Å². The number of nitrogens with zero attached hydrogens (tertiary/aromatic N) is 3. The molecule has 5 heteroatoms. The molecule has 1 aromatic heterocycles. The summed E-state index contributed by atoms with van der Waals surface area (Å²) in [5.74, 6) is 0.389. The van der Waals surface area contributed by atoms with Gasteiger partial charge in [0.05, 0.1) is 18.4 Å². The fourth-order valence-corrected chi connectivity index (χ4v) is 2.63. The minimum Gasteiger partial charge on any atom is -0.465 e. The Kier molecular flexibility index (Phi) is 5.70. The maximum absolute atomic E-state index is 11.4. The van der Waals surface area contributed by atoms with Crippen LogP contribution in [0.5, 0.6) is 0 Å². The summed E-state index contributed by atoms with van der Waals surface area (Å²) >= 11 is 0. The summed E-state index contributed by atoms with van der Waals surface area (Å²) < 4.78 is 4.67. The Hall–Kier alpha value is -1.46. The van der Waals surface area contributed by atoms with Crippen molar-refractivity contribution in [1.29, 1.82) is 0 Å². The number of hydrogen-bond donors (Lipinski definition) is 0. The predicted octanol–water partition coefficient (Wildman–Crippen LogP) is 1.64. The first kappa shape index (κ1) is 15.9. The molecule has 0 spiro atoms. The molecule has 1 saturated heterocycles. The van der Waals surface area contributed by atoms with Crippen molar-refractivity contribution in [2.45, 2.75) is 20.4 Å². The molecule has 0 bridgehead atoms. The molecule has 2 rings (SSSR count). The summed E-state index contributed by atoms with van der Waals surface area (Å²) in [5, 5.41) is 0. The minimum atomic E-state index is -0.337. The van der Waals surface area contributed by atoms with Crippen LogP contribution in [0.4, 0.5) is 0 Å². The van der Waals surface area contributed by atoms with Crippen LogP contribution in [-0.2, 0) is 11.3 Å². The zero-order valence-electron chi connectivity index (χ0n) is 13.2. The van der Waals surface area contributed by atoms with Gasteiger partial charge >= 0.3 is 5.97 Å².